The number of carbonyl (C=O) groups excluding carboxylic acids is 2. The summed E-state index contributed by atoms with van der Waals surface area (Å²) in [7, 11) is 4.98. The minimum Gasteiger partial charge on any atom is -0.347 e. The van der Waals surface area contributed by atoms with E-state index in [1.165, 1.54) is 9.80 Å². The molecule has 0 spiro atoms. The predicted molar refractivity (Wildman–Crippen MR) is 64.1 cm³/mol. The summed E-state index contributed by atoms with van der Waals surface area (Å²) in [5.74, 6) is -0.156. The third kappa shape index (κ3) is 6.40. The van der Waals surface area contributed by atoms with Crippen molar-refractivity contribution in [2.75, 3.05) is 34.2 Å². The lowest BCUT2D eigenvalue weighted by atomic mass is 10.1. The van der Waals surface area contributed by atoms with E-state index in [9.17, 15) is 9.59 Å². The molecule has 94 valence electrons. The van der Waals surface area contributed by atoms with Gasteiger partial charge in [-0.1, -0.05) is 0 Å². The van der Waals surface area contributed by atoms with Crippen LogP contribution in [0.4, 0.5) is 0 Å². The maximum atomic E-state index is 11.6. The predicted octanol–water partition coefficient (Wildman–Crippen LogP) is -0.0789. The van der Waals surface area contributed by atoms with E-state index in [1.807, 2.05) is 20.8 Å². The molecule has 0 bridgehead atoms. The van der Waals surface area contributed by atoms with Gasteiger partial charge in [0.2, 0.25) is 11.8 Å². The quantitative estimate of drug-likeness (QED) is 0.733. The van der Waals surface area contributed by atoms with Crippen LogP contribution in [-0.2, 0) is 9.59 Å². The van der Waals surface area contributed by atoms with E-state index in [-0.39, 0.29) is 30.4 Å². The fraction of sp³-hybridized carbons (Fsp3) is 0.818. The largest absolute Gasteiger partial charge is 0.347 e. The summed E-state index contributed by atoms with van der Waals surface area (Å²) in [6, 6.07) is 0. The summed E-state index contributed by atoms with van der Waals surface area (Å²) in [4.78, 5) is 25.9. The minimum atomic E-state index is -0.0952. The van der Waals surface area contributed by atoms with E-state index in [1.54, 1.807) is 21.1 Å². The number of nitrogens with one attached hydrogen (secondary N) is 1. The van der Waals surface area contributed by atoms with Gasteiger partial charge in [-0.3, -0.25) is 9.59 Å². The van der Waals surface area contributed by atoms with E-state index in [4.69, 9.17) is 0 Å². The molecule has 0 heterocycles. The van der Waals surface area contributed by atoms with Crippen LogP contribution in [0.5, 0.6) is 0 Å². The van der Waals surface area contributed by atoms with Crippen LogP contribution in [0, 0.1) is 0 Å². The zero-order chi connectivity index (χ0) is 12.9. The Balaban J connectivity index is 4.05. The van der Waals surface area contributed by atoms with Crippen LogP contribution < -0.4 is 5.32 Å². The zero-order valence-electron chi connectivity index (χ0n) is 11.1. The molecular formula is C11H23N3O2. The molecule has 0 aliphatic rings. The van der Waals surface area contributed by atoms with Crippen LogP contribution in [0.2, 0.25) is 0 Å². The number of likely N-dealkylation sites (N-methyl/N-ethyl adjacent to an activating group) is 2. The van der Waals surface area contributed by atoms with Gasteiger partial charge in [-0.25, -0.2) is 0 Å². The van der Waals surface area contributed by atoms with E-state index < -0.39 is 0 Å². The van der Waals surface area contributed by atoms with Gasteiger partial charge in [-0.2, -0.15) is 0 Å². The van der Waals surface area contributed by atoms with Crippen molar-refractivity contribution in [3.8, 4) is 0 Å². The molecule has 0 rings (SSSR count). The first kappa shape index (κ1) is 14.9. The standard InChI is InChI=1S/C11H23N3O2/c1-11(2,3)12-7-9(15)14(6)8-10(16)13(4)5/h12H,7-8H2,1-6H3. The Morgan fingerprint density at radius 3 is 1.94 bits per heavy atom. The molecule has 0 radical (unpaired) electrons. The van der Waals surface area contributed by atoms with E-state index >= 15 is 0 Å². The lowest BCUT2D eigenvalue weighted by Crippen LogP contribution is -2.46. The lowest BCUT2D eigenvalue weighted by molar-refractivity contribution is -0.137. The monoisotopic (exact) mass is 229 g/mol. The maximum absolute atomic E-state index is 11.6. The van der Waals surface area contributed by atoms with Gasteiger partial charge >= 0.3 is 0 Å². The van der Waals surface area contributed by atoms with Gasteiger partial charge in [-0.15, -0.1) is 0 Å². The Morgan fingerprint density at radius 1 is 1.06 bits per heavy atom. The minimum absolute atomic E-state index is 0.0772. The summed E-state index contributed by atoms with van der Waals surface area (Å²) in [5.41, 5.74) is -0.0952. The van der Waals surface area contributed by atoms with Crippen LogP contribution in [-0.4, -0.2) is 61.4 Å². The van der Waals surface area contributed by atoms with Gasteiger partial charge in [0.1, 0.15) is 0 Å². The topological polar surface area (TPSA) is 52.7 Å². The molecule has 0 saturated heterocycles. The average Bonchev–Trinajstić information content (AvgIpc) is 2.12. The van der Waals surface area contributed by atoms with Gasteiger partial charge in [0.25, 0.3) is 0 Å². The molecule has 0 aromatic carbocycles. The Hall–Kier alpha value is -1.10. The summed E-state index contributed by atoms with van der Waals surface area (Å²) < 4.78 is 0. The molecular weight excluding hydrogens is 206 g/mol. The van der Waals surface area contributed by atoms with Crippen molar-refractivity contribution in [3.63, 3.8) is 0 Å². The fourth-order valence-electron chi connectivity index (χ4n) is 0.908. The molecule has 0 atom stereocenters. The molecule has 2 amide bonds. The summed E-state index contributed by atoms with van der Waals surface area (Å²) >= 11 is 0. The van der Waals surface area contributed by atoms with Crippen LogP contribution in [0.3, 0.4) is 0 Å². The number of rotatable bonds is 4. The van der Waals surface area contributed by atoms with Gasteiger partial charge in [0.05, 0.1) is 13.1 Å². The Bertz CT molecular complexity index is 256. The van der Waals surface area contributed by atoms with Crippen molar-refractivity contribution in [2.24, 2.45) is 0 Å². The van der Waals surface area contributed by atoms with Gasteiger partial charge in [-0.05, 0) is 20.8 Å². The van der Waals surface area contributed by atoms with Crippen molar-refractivity contribution in [1.29, 1.82) is 0 Å². The van der Waals surface area contributed by atoms with Crippen molar-refractivity contribution in [1.82, 2.24) is 15.1 Å². The number of nitrogens with zero attached hydrogens (tertiary/aromatic N) is 2. The Kier molecular flexibility index (Phi) is 5.44. The van der Waals surface area contributed by atoms with Crippen LogP contribution in [0.25, 0.3) is 0 Å². The number of hydrogen-bond donors (Lipinski definition) is 1. The van der Waals surface area contributed by atoms with Crippen molar-refractivity contribution in [2.45, 2.75) is 26.3 Å². The molecule has 1 N–H and O–H groups in total. The van der Waals surface area contributed by atoms with Crippen molar-refractivity contribution in [3.05, 3.63) is 0 Å². The van der Waals surface area contributed by atoms with E-state index in [2.05, 4.69) is 5.32 Å². The number of hydrogen-bond acceptors (Lipinski definition) is 3. The second-order valence-electron chi connectivity index (χ2n) is 5.14. The van der Waals surface area contributed by atoms with Crippen LogP contribution >= 0.6 is 0 Å². The number of carbonyl (C=O) groups is 2. The molecule has 0 aliphatic heterocycles. The third-order valence-electron chi connectivity index (χ3n) is 2.07. The Morgan fingerprint density at radius 2 is 1.56 bits per heavy atom. The van der Waals surface area contributed by atoms with Crippen LogP contribution in [0.1, 0.15) is 20.8 Å². The first-order valence-corrected chi connectivity index (χ1v) is 5.32. The smallest absolute Gasteiger partial charge is 0.241 e. The molecule has 0 unspecified atom stereocenters. The molecule has 5 heteroatoms. The first-order chi connectivity index (χ1) is 7.13. The first-order valence-electron chi connectivity index (χ1n) is 5.32. The Labute approximate surface area is 97.8 Å². The SMILES string of the molecule is CN(C)C(=O)CN(C)C(=O)CNC(C)(C)C. The average molecular weight is 229 g/mol. The van der Waals surface area contributed by atoms with E-state index in [0.29, 0.717) is 0 Å². The van der Waals surface area contributed by atoms with E-state index in [0.717, 1.165) is 0 Å². The summed E-state index contributed by atoms with van der Waals surface area (Å²) in [5, 5.41) is 3.09. The highest BCUT2D eigenvalue weighted by molar-refractivity contribution is 5.85. The molecule has 0 aromatic heterocycles. The molecule has 0 aliphatic carbocycles. The zero-order valence-corrected chi connectivity index (χ0v) is 11.1. The highest BCUT2D eigenvalue weighted by atomic mass is 16.2. The van der Waals surface area contributed by atoms with Crippen LogP contribution in [0.15, 0.2) is 0 Å². The molecule has 0 fully saturated rings. The van der Waals surface area contributed by atoms with Crippen molar-refractivity contribution >= 4 is 11.8 Å². The van der Waals surface area contributed by atoms with Gasteiger partial charge in [0, 0.05) is 26.7 Å². The second-order valence-corrected chi connectivity index (χ2v) is 5.14. The number of amides is 2. The molecule has 16 heavy (non-hydrogen) atoms. The van der Waals surface area contributed by atoms with Crippen molar-refractivity contribution < 1.29 is 9.59 Å². The molecule has 0 aromatic rings. The molecule has 0 saturated carbocycles. The summed E-state index contributed by atoms with van der Waals surface area (Å²) in [6.45, 7) is 6.35. The van der Waals surface area contributed by atoms with Gasteiger partial charge in [0.15, 0.2) is 0 Å². The third-order valence-corrected chi connectivity index (χ3v) is 2.07. The highest BCUT2D eigenvalue weighted by Crippen LogP contribution is 1.98. The maximum Gasteiger partial charge on any atom is 0.241 e. The highest BCUT2D eigenvalue weighted by Gasteiger charge is 2.16. The molecule has 5 nitrogen and oxygen atoms in total. The second kappa shape index (κ2) is 5.84. The summed E-state index contributed by atoms with van der Waals surface area (Å²) in [6.07, 6.45) is 0. The normalized spacial score (nSPS) is 11.1. The fourth-order valence-corrected chi connectivity index (χ4v) is 0.908. The van der Waals surface area contributed by atoms with Gasteiger partial charge < -0.3 is 15.1 Å². The lowest BCUT2D eigenvalue weighted by Gasteiger charge is -2.23.